The summed E-state index contributed by atoms with van der Waals surface area (Å²) in [5.41, 5.74) is 2.77. The second kappa shape index (κ2) is 6.36. The van der Waals surface area contributed by atoms with E-state index in [-0.39, 0.29) is 0 Å². The van der Waals surface area contributed by atoms with E-state index in [0.717, 1.165) is 30.1 Å². The fourth-order valence-corrected chi connectivity index (χ4v) is 2.98. The van der Waals surface area contributed by atoms with Crippen molar-refractivity contribution in [2.75, 3.05) is 18.0 Å². The number of hydrogen-bond donors (Lipinski definition) is 1. The first-order valence-corrected chi connectivity index (χ1v) is 8.41. The molecule has 1 aromatic carbocycles. The smallest absolute Gasteiger partial charge is 0.0415 e. The fraction of sp³-hybridized carbons (Fsp3) is 0.647. The molecule has 0 spiro atoms. The van der Waals surface area contributed by atoms with E-state index >= 15 is 0 Å². The molecule has 1 N–H and O–H groups in total. The standard InChI is InChI=1S/C17H25ClN2/c1-2-9-19-11-14-10-15(18)5-8-17(14)20(16-6-7-16)12-13-3-4-13/h5,8,10,13,16,19H,2-4,6-7,9,11-12H2,1H3. The maximum Gasteiger partial charge on any atom is 0.0415 e. The minimum atomic E-state index is 0.779. The van der Waals surface area contributed by atoms with Crippen molar-refractivity contribution in [1.29, 1.82) is 0 Å². The van der Waals surface area contributed by atoms with Gasteiger partial charge in [0.2, 0.25) is 0 Å². The molecule has 0 atom stereocenters. The van der Waals surface area contributed by atoms with Gasteiger partial charge < -0.3 is 10.2 Å². The Morgan fingerprint density at radius 2 is 2.05 bits per heavy atom. The zero-order valence-corrected chi connectivity index (χ0v) is 13.1. The van der Waals surface area contributed by atoms with Crippen molar-refractivity contribution in [3.63, 3.8) is 0 Å². The Kier molecular flexibility index (Phi) is 4.52. The molecule has 110 valence electrons. The van der Waals surface area contributed by atoms with Crippen molar-refractivity contribution >= 4 is 17.3 Å². The molecule has 3 heteroatoms. The van der Waals surface area contributed by atoms with Crippen LogP contribution in [0.5, 0.6) is 0 Å². The van der Waals surface area contributed by atoms with Crippen LogP contribution in [0.3, 0.4) is 0 Å². The maximum absolute atomic E-state index is 6.20. The quantitative estimate of drug-likeness (QED) is 0.722. The molecule has 0 amide bonds. The van der Waals surface area contributed by atoms with Crippen molar-refractivity contribution in [3.05, 3.63) is 28.8 Å². The lowest BCUT2D eigenvalue weighted by Crippen LogP contribution is -2.29. The molecule has 0 heterocycles. The van der Waals surface area contributed by atoms with Gasteiger partial charge in [0.15, 0.2) is 0 Å². The van der Waals surface area contributed by atoms with Gasteiger partial charge in [0.05, 0.1) is 0 Å². The summed E-state index contributed by atoms with van der Waals surface area (Å²) < 4.78 is 0. The van der Waals surface area contributed by atoms with E-state index in [4.69, 9.17) is 11.6 Å². The summed E-state index contributed by atoms with van der Waals surface area (Å²) in [6, 6.07) is 7.19. The zero-order chi connectivity index (χ0) is 13.9. The minimum Gasteiger partial charge on any atom is -0.368 e. The molecule has 3 rings (SSSR count). The summed E-state index contributed by atoms with van der Waals surface area (Å²) in [5, 5.41) is 4.37. The third kappa shape index (κ3) is 3.67. The lowest BCUT2D eigenvalue weighted by atomic mass is 10.1. The predicted molar refractivity (Wildman–Crippen MR) is 86.5 cm³/mol. The summed E-state index contributed by atoms with van der Waals surface area (Å²) in [4.78, 5) is 2.65. The lowest BCUT2D eigenvalue weighted by Gasteiger charge is -2.27. The molecule has 0 bridgehead atoms. The number of hydrogen-bond acceptors (Lipinski definition) is 2. The van der Waals surface area contributed by atoms with Gasteiger partial charge in [0.25, 0.3) is 0 Å². The van der Waals surface area contributed by atoms with Gasteiger partial charge in [0, 0.05) is 29.8 Å². The van der Waals surface area contributed by atoms with E-state index in [1.807, 2.05) is 6.07 Å². The van der Waals surface area contributed by atoms with E-state index < -0.39 is 0 Å². The highest BCUT2D eigenvalue weighted by Crippen LogP contribution is 2.39. The van der Waals surface area contributed by atoms with Gasteiger partial charge in [-0.1, -0.05) is 18.5 Å². The van der Waals surface area contributed by atoms with Crippen molar-refractivity contribution in [1.82, 2.24) is 5.32 Å². The van der Waals surface area contributed by atoms with Crippen LogP contribution in [-0.2, 0) is 6.54 Å². The van der Waals surface area contributed by atoms with E-state index in [2.05, 4.69) is 29.3 Å². The number of nitrogens with zero attached hydrogens (tertiary/aromatic N) is 1. The first kappa shape index (κ1) is 14.2. The van der Waals surface area contributed by atoms with Crippen LogP contribution >= 0.6 is 11.6 Å². The van der Waals surface area contributed by atoms with Crippen LogP contribution in [0, 0.1) is 5.92 Å². The number of anilines is 1. The summed E-state index contributed by atoms with van der Waals surface area (Å²) in [6.07, 6.45) is 6.72. The molecular weight excluding hydrogens is 268 g/mol. The monoisotopic (exact) mass is 292 g/mol. The van der Waals surface area contributed by atoms with Crippen LogP contribution in [-0.4, -0.2) is 19.1 Å². The van der Waals surface area contributed by atoms with Gasteiger partial charge in [-0.15, -0.1) is 0 Å². The Balaban J connectivity index is 1.77. The molecule has 0 saturated heterocycles. The molecule has 20 heavy (non-hydrogen) atoms. The van der Waals surface area contributed by atoms with E-state index in [1.54, 1.807) is 0 Å². The molecule has 2 saturated carbocycles. The number of nitrogens with one attached hydrogen (secondary N) is 1. The van der Waals surface area contributed by atoms with Gasteiger partial charge in [-0.2, -0.15) is 0 Å². The highest BCUT2D eigenvalue weighted by Gasteiger charge is 2.34. The maximum atomic E-state index is 6.20. The van der Waals surface area contributed by atoms with E-state index in [9.17, 15) is 0 Å². The average molecular weight is 293 g/mol. The Morgan fingerprint density at radius 1 is 1.25 bits per heavy atom. The number of halogens is 1. The van der Waals surface area contributed by atoms with Crippen molar-refractivity contribution in [2.24, 2.45) is 5.92 Å². The SMILES string of the molecule is CCCNCc1cc(Cl)ccc1N(CC1CC1)C1CC1. The zero-order valence-electron chi connectivity index (χ0n) is 12.4. The third-order valence-corrected chi connectivity index (χ3v) is 4.47. The van der Waals surface area contributed by atoms with Gasteiger partial charge in [-0.3, -0.25) is 0 Å². The minimum absolute atomic E-state index is 0.779. The molecule has 1 aromatic rings. The van der Waals surface area contributed by atoms with Crippen molar-refractivity contribution < 1.29 is 0 Å². The van der Waals surface area contributed by atoms with Crippen LogP contribution in [0.4, 0.5) is 5.69 Å². The van der Waals surface area contributed by atoms with Crippen LogP contribution in [0.15, 0.2) is 18.2 Å². The highest BCUT2D eigenvalue weighted by molar-refractivity contribution is 6.30. The third-order valence-electron chi connectivity index (χ3n) is 4.23. The second-order valence-corrected chi connectivity index (χ2v) is 6.71. The van der Waals surface area contributed by atoms with E-state index in [1.165, 1.54) is 49.9 Å². The topological polar surface area (TPSA) is 15.3 Å². The molecular formula is C17H25ClN2. The van der Waals surface area contributed by atoms with Gasteiger partial charge in [-0.05, 0) is 68.3 Å². The largest absolute Gasteiger partial charge is 0.368 e. The average Bonchev–Trinajstić information content (AvgIpc) is 3.30. The summed E-state index contributed by atoms with van der Waals surface area (Å²) >= 11 is 6.20. The number of rotatable bonds is 8. The molecule has 2 aliphatic rings. The van der Waals surface area contributed by atoms with Crippen LogP contribution in [0.25, 0.3) is 0 Å². The Hall–Kier alpha value is -0.730. The molecule has 2 aliphatic carbocycles. The normalized spacial score (nSPS) is 18.3. The van der Waals surface area contributed by atoms with Crippen LogP contribution in [0.1, 0.15) is 44.6 Å². The first-order valence-electron chi connectivity index (χ1n) is 8.03. The lowest BCUT2D eigenvalue weighted by molar-refractivity contribution is 0.665. The van der Waals surface area contributed by atoms with Gasteiger partial charge in [-0.25, -0.2) is 0 Å². The fourth-order valence-electron chi connectivity index (χ4n) is 2.78. The Bertz CT molecular complexity index is 452. The van der Waals surface area contributed by atoms with Crippen LogP contribution < -0.4 is 10.2 Å². The predicted octanol–water partition coefficient (Wildman–Crippen LogP) is 4.22. The summed E-state index contributed by atoms with van der Waals surface area (Å²) in [7, 11) is 0. The Labute approximate surface area is 127 Å². The summed E-state index contributed by atoms with van der Waals surface area (Å²) in [5.74, 6) is 0.933. The van der Waals surface area contributed by atoms with Crippen LogP contribution in [0.2, 0.25) is 5.02 Å². The van der Waals surface area contributed by atoms with Crippen molar-refractivity contribution in [2.45, 2.75) is 51.6 Å². The highest BCUT2D eigenvalue weighted by atomic mass is 35.5. The van der Waals surface area contributed by atoms with E-state index in [0.29, 0.717) is 0 Å². The molecule has 0 radical (unpaired) electrons. The molecule has 2 fully saturated rings. The first-order chi connectivity index (χ1) is 9.78. The summed E-state index contributed by atoms with van der Waals surface area (Å²) in [6.45, 7) is 5.44. The van der Waals surface area contributed by atoms with Gasteiger partial charge in [0.1, 0.15) is 0 Å². The van der Waals surface area contributed by atoms with Crippen molar-refractivity contribution in [3.8, 4) is 0 Å². The Morgan fingerprint density at radius 3 is 2.70 bits per heavy atom. The molecule has 2 nitrogen and oxygen atoms in total. The van der Waals surface area contributed by atoms with Gasteiger partial charge >= 0.3 is 0 Å². The molecule has 0 unspecified atom stereocenters. The molecule has 0 aliphatic heterocycles. The number of benzene rings is 1. The second-order valence-electron chi connectivity index (χ2n) is 6.28. The molecule has 0 aromatic heterocycles.